The van der Waals surface area contributed by atoms with Crippen LogP contribution in [-0.2, 0) is 6.54 Å². The summed E-state index contributed by atoms with van der Waals surface area (Å²) in [5.74, 6) is 0.877. The highest BCUT2D eigenvalue weighted by molar-refractivity contribution is 5.33. The Balaban J connectivity index is 1.88. The molecule has 2 rings (SSSR count). The molecule has 0 atom stereocenters. The van der Waals surface area contributed by atoms with Crippen LogP contribution in [0.3, 0.4) is 0 Å². The molecule has 0 radical (unpaired) electrons. The molecule has 2 N–H and O–H groups in total. The third kappa shape index (κ3) is 3.35. The number of likely N-dealkylation sites (N-methyl/N-ethyl adjacent to an activating group) is 1. The number of hydrogen-bond donors (Lipinski definition) is 1. The lowest BCUT2D eigenvalue weighted by Gasteiger charge is -2.31. The summed E-state index contributed by atoms with van der Waals surface area (Å²) in [5.41, 5.74) is 6.39. The van der Waals surface area contributed by atoms with Crippen LogP contribution in [-0.4, -0.2) is 29.1 Å². The minimum Gasteiger partial charge on any atom is -0.398 e. The van der Waals surface area contributed by atoms with Gasteiger partial charge in [-0.1, -0.05) is 13.3 Å². The van der Waals surface area contributed by atoms with Crippen molar-refractivity contribution in [3.8, 4) is 0 Å². The van der Waals surface area contributed by atoms with Crippen molar-refractivity contribution in [3.63, 3.8) is 0 Å². The molecule has 1 aliphatic rings. The Bertz CT molecular complexity index is 437. The van der Waals surface area contributed by atoms with E-state index in [1.807, 2.05) is 0 Å². The average molecular weight is 249 g/mol. The van der Waals surface area contributed by atoms with Crippen molar-refractivity contribution in [2.45, 2.75) is 32.7 Å². The number of hydrogen-bond acceptors (Lipinski definition) is 3. The SMILES string of the molecule is CCN(CCn1cc(N)ccc1=O)CC1CCC1. The summed E-state index contributed by atoms with van der Waals surface area (Å²) in [4.78, 5) is 14.1. The standard InChI is InChI=1S/C14H23N3O/c1-2-16(10-12-4-3-5-12)8-9-17-11-13(15)6-7-14(17)18/h6-7,11-12H,2-5,8-10,15H2,1H3. The molecule has 0 unspecified atom stereocenters. The monoisotopic (exact) mass is 249 g/mol. The van der Waals surface area contributed by atoms with Gasteiger partial charge in [0.05, 0.1) is 0 Å². The van der Waals surface area contributed by atoms with Gasteiger partial charge in [0.15, 0.2) is 0 Å². The topological polar surface area (TPSA) is 51.3 Å². The van der Waals surface area contributed by atoms with E-state index in [2.05, 4.69) is 11.8 Å². The van der Waals surface area contributed by atoms with Crippen molar-refractivity contribution in [1.82, 2.24) is 9.47 Å². The lowest BCUT2D eigenvalue weighted by molar-refractivity contribution is 0.179. The first-order valence-electron chi connectivity index (χ1n) is 6.87. The highest BCUT2D eigenvalue weighted by atomic mass is 16.1. The summed E-state index contributed by atoms with van der Waals surface area (Å²) in [7, 11) is 0. The predicted molar refractivity (Wildman–Crippen MR) is 74.6 cm³/mol. The molecule has 1 aliphatic carbocycles. The maximum absolute atomic E-state index is 11.7. The third-order valence-electron chi connectivity index (χ3n) is 3.85. The molecule has 1 heterocycles. The van der Waals surface area contributed by atoms with Crippen LogP contribution in [0.25, 0.3) is 0 Å². The van der Waals surface area contributed by atoms with Gasteiger partial charge in [0.25, 0.3) is 5.56 Å². The van der Waals surface area contributed by atoms with Gasteiger partial charge >= 0.3 is 0 Å². The van der Waals surface area contributed by atoms with Crippen molar-refractivity contribution < 1.29 is 0 Å². The molecule has 18 heavy (non-hydrogen) atoms. The van der Waals surface area contributed by atoms with Crippen LogP contribution in [0.15, 0.2) is 23.1 Å². The number of pyridine rings is 1. The van der Waals surface area contributed by atoms with Gasteiger partial charge in [-0.3, -0.25) is 4.79 Å². The summed E-state index contributed by atoms with van der Waals surface area (Å²) in [6.07, 6.45) is 5.86. The number of aromatic nitrogens is 1. The Morgan fingerprint density at radius 1 is 1.44 bits per heavy atom. The van der Waals surface area contributed by atoms with Crippen LogP contribution < -0.4 is 11.3 Å². The zero-order valence-electron chi connectivity index (χ0n) is 11.1. The van der Waals surface area contributed by atoms with Gasteiger partial charge in [-0.15, -0.1) is 0 Å². The molecule has 4 heteroatoms. The van der Waals surface area contributed by atoms with Crippen LogP contribution in [0, 0.1) is 5.92 Å². The summed E-state index contributed by atoms with van der Waals surface area (Å²) < 4.78 is 1.71. The van der Waals surface area contributed by atoms with Crippen molar-refractivity contribution in [2.75, 3.05) is 25.4 Å². The molecule has 100 valence electrons. The Labute approximate surface area is 108 Å². The lowest BCUT2D eigenvalue weighted by Crippen LogP contribution is -2.36. The molecule has 1 aromatic heterocycles. The molecular weight excluding hydrogens is 226 g/mol. The van der Waals surface area contributed by atoms with Gasteiger partial charge in [0, 0.05) is 37.6 Å². The molecule has 1 fully saturated rings. The zero-order chi connectivity index (χ0) is 13.0. The summed E-state index contributed by atoms with van der Waals surface area (Å²) in [5, 5.41) is 0. The van der Waals surface area contributed by atoms with E-state index in [1.54, 1.807) is 16.8 Å². The van der Waals surface area contributed by atoms with Crippen molar-refractivity contribution in [3.05, 3.63) is 28.7 Å². The molecule has 1 aromatic rings. The van der Waals surface area contributed by atoms with Gasteiger partial charge in [0.1, 0.15) is 0 Å². The predicted octanol–water partition coefficient (Wildman–Crippen LogP) is 1.55. The van der Waals surface area contributed by atoms with E-state index in [0.29, 0.717) is 5.69 Å². The van der Waals surface area contributed by atoms with Crippen molar-refractivity contribution >= 4 is 5.69 Å². The van der Waals surface area contributed by atoms with Crippen molar-refractivity contribution in [1.29, 1.82) is 0 Å². The van der Waals surface area contributed by atoms with E-state index in [4.69, 9.17) is 5.73 Å². The zero-order valence-corrected chi connectivity index (χ0v) is 11.1. The fourth-order valence-electron chi connectivity index (χ4n) is 2.39. The third-order valence-corrected chi connectivity index (χ3v) is 3.85. The number of nitrogens with zero attached hydrogens (tertiary/aromatic N) is 2. The largest absolute Gasteiger partial charge is 0.398 e. The molecule has 0 bridgehead atoms. The van der Waals surface area contributed by atoms with E-state index in [9.17, 15) is 4.79 Å². The molecule has 0 amide bonds. The van der Waals surface area contributed by atoms with Crippen LogP contribution in [0.2, 0.25) is 0 Å². The molecule has 4 nitrogen and oxygen atoms in total. The van der Waals surface area contributed by atoms with Gasteiger partial charge in [-0.25, -0.2) is 0 Å². The maximum atomic E-state index is 11.7. The van der Waals surface area contributed by atoms with Crippen LogP contribution >= 0.6 is 0 Å². The number of nitrogen functional groups attached to an aromatic ring is 1. The second-order valence-electron chi connectivity index (χ2n) is 5.18. The van der Waals surface area contributed by atoms with Crippen molar-refractivity contribution in [2.24, 2.45) is 5.92 Å². The number of nitrogens with two attached hydrogens (primary N) is 1. The Kier molecular flexibility index (Phi) is 4.42. The second kappa shape index (κ2) is 6.05. The first-order chi connectivity index (χ1) is 8.69. The Morgan fingerprint density at radius 3 is 2.83 bits per heavy atom. The highest BCUT2D eigenvalue weighted by Crippen LogP contribution is 2.26. The number of rotatable bonds is 6. The van der Waals surface area contributed by atoms with Crippen LogP contribution in [0.5, 0.6) is 0 Å². The Hall–Kier alpha value is -1.29. The molecule has 0 aliphatic heterocycles. The molecule has 0 spiro atoms. The molecule has 1 saturated carbocycles. The highest BCUT2D eigenvalue weighted by Gasteiger charge is 2.19. The van der Waals surface area contributed by atoms with E-state index >= 15 is 0 Å². The van der Waals surface area contributed by atoms with Gasteiger partial charge in [-0.2, -0.15) is 0 Å². The van der Waals surface area contributed by atoms with E-state index in [0.717, 1.165) is 25.6 Å². The van der Waals surface area contributed by atoms with Gasteiger partial charge in [0.2, 0.25) is 0 Å². The smallest absolute Gasteiger partial charge is 0.250 e. The average Bonchev–Trinajstić information content (AvgIpc) is 2.31. The van der Waals surface area contributed by atoms with E-state index in [1.165, 1.54) is 31.9 Å². The van der Waals surface area contributed by atoms with Gasteiger partial charge < -0.3 is 15.2 Å². The summed E-state index contributed by atoms with van der Waals surface area (Å²) in [6.45, 7) is 6.06. The summed E-state index contributed by atoms with van der Waals surface area (Å²) >= 11 is 0. The first kappa shape index (κ1) is 13.1. The van der Waals surface area contributed by atoms with Gasteiger partial charge in [-0.05, 0) is 31.4 Å². The fourth-order valence-corrected chi connectivity index (χ4v) is 2.39. The van der Waals surface area contributed by atoms with Crippen LogP contribution in [0.4, 0.5) is 5.69 Å². The molecule has 0 saturated heterocycles. The minimum atomic E-state index is 0.0314. The number of anilines is 1. The van der Waals surface area contributed by atoms with E-state index in [-0.39, 0.29) is 5.56 Å². The van der Waals surface area contributed by atoms with E-state index < -0.39 is 0 Å². The van der Waals surface area contributed by atoms with Crippen LogP contribution in [0.1, 0.15) is 26.2 Å². The quantitative estimate of drug-likeness (QED) is 0.832. The normalized spacial score (nSPS) is 15.9. The second-order valence-corrected chi connectivity index (χ2v) is 5.18. The lowest BCUT2D eigenvalue weighted by atomic mass is 9.85. The fraction of sp³-hybridized carbons (Fsp3) is 0.643. The molecular formula is C14H23N3O. The minimum absolute atomic E-state index is 0.0314. The first-order valence-corrected chi connectivity index (χ1v) is 6.87. The maximum Gasteiger partial charge on any atom is 0.250 e. The Morgan fingerprint density at radius 2 is 2.22 bits per heavy atom. The molecule has 0 aromatic carbocycles. The summed E-state index contributed by atoms with van der Waals surface area (Å²) in [6, 6.07) is 3.20.